The Kier molecular flexibility index (Phi) is 7.36. The molecule has 8 saturated carbocycles. The van der Waals surface area contributed by atoms with E-state index in [4.69, 9.17) is 0 Å². The van der Waals surface area contributed by atoms with Crippen molar-refractivity contribution in [1.29, 1.82) is 0 Å². The number of fused-ring (bicyclic) bond motifs is 6. The second-order valence-corrected chi connectivity index (χ2v) is 21.7. The molecule has 0 aromatic heterocycles. The van der Waals surface area contributed by atoms with Gasteiger partial charge in [-0.2, -0.15) is 0 Å². The summed E-state index contributed by atoms with van der Waals surface area (Å²) < 4.78 is 0. The average molecular weight is 814 g/mol. The van der Waals surface area contributed by atoms with Gasteiger partial charge < -0.3 is 4.90 Å². The summed E-state index contributed by atoms with van der Waals surface area (Å²) in [5.74, 6) is 6.74. The van der Waals surface area contributed by atoms with Gasteiger partial charge in [-0.15, -0.1) is 0 Å². The van der Waals surface area contributed by atoms with Gasteiger partial charge in [-0.1, -0.05) is 121 Å². The van der Waals surface area contributed by atoms with Crippen molar-refractivity contribution in [3.63, 3.8) is 0 Å². The largest absolute Gasteiger partial charge is 0.310 e. The highest BCUT2D eigenvalue weighted by molar-refractivity contribution is 5.92. The van der Waals surface area contributed by atoms with E-state index >= 15 is 0 Å². The third-order valence-electron chi connectivity index (χ3n) is 19.0. The van der Waals surface area contributed by atoms with Gasteiger partial charge in [-0.25, -0.2) is 0 Å². The molecule has 7 aromatic carbocycles. The average Bonchev–Trinajstić information content (AvgIpc) is 3.78. The zero-order chi connectivity index (χ0) is 41.0. The van der Waals surface area contributed by atoms with Crippen molar-refractivity contribution < 1.29 is 0 Å². The molecule has 10 aliphatic rings. The number of benzene rings is 7. The Morgan fingerprint density at radius 1 is 0.286 bits per heavy atom. The first-order chi connectivity index (χ1) is 31.1. The van der Waals surface area contributed by atoms with Crippen molar-refractivity contribution in [2.45, 2.75) is 75.0 Å². The quantitative estimate of drug-likeness (QED) is 0.167. The number of hydrogen-bond acceptors (Lipinski definition) is 1. The van der Waals surface area contributed by atoms with Crippen molar-refractivity contribution in [1.82, 2.24) is 0 Å². The van der Waals surface area contributed by atoms with Crippen LogP contribution in [0.4, 0.5) is 17.1 Å². The molecule has 308 valence electrons. The van der Waals surface area contributed by atoms with Gasteiger partial charge >= 0.3 is 0 Å². The lowest BCUT2D eigenvalue weighted by molar-refractivity contribution is -0.0399. The molecular weight excluding hydrogens is 759 g/mol. The van der Waals surface area contributed by atoms with Gasteiger partial charge in [0.05, 0.1) is 0 Å². The van der Waals surface area contributed by atoms with E-state index in [0.29, 0.717) is 0 Å². The van der Waals surface area contributed by atoms with E-state index in [1.165, 1.54) is 126 Å². The SMILES string of the molecule is c1ccc(-c2cc(-c3ccccc3)cc(N(c3ccc4c(c3)-c3ccccc3C43C4CC5CC(C4)CC3C5)c3ccc4c(c3)-c3ccccc3C43C4CC5CC(C4)CC3C5)c2)cc1. The molecule has 2 spiro atoms. The van der Waals surface area contributed by atoms with Crippen molar-refractivity contribution in [3.05, 3.63) is 186 Å². The van der Waals surface area contributed by atoms with Gasteiger partial charge in [0.1, 0.15) is 0 Å². The molecule has 1 nitrogen and oxygen atoms in total. The molecule has 63 heavy (non-hydrogen) atoms. The Morgan fingerprint density at radius 3 is 1.06 bits per heavy atom. The minimum Gasteiger partial charge on any atom is -0.310 e. The molecule has 0 saturated heterocycles. The molecule has 0 N–H and O–H groups in total. The van der Waals surface area contributed by atoms with Crippen molar-refractivity contribution in [3.8, 4) is 44.5 Å². The van der Waals surface area contributed by atoms with E-state index in [9.17, 15) is 0 Å². The summed E-state index contributed by atoms with van der Waals surface area (Å²) in [5, 5.41) is 0. The van der Waals surface area contributed by atoms with Crippen LogP contribution < -0.4 is 4.90 Å². The Bertz CT molecular complexity index is 2740. The number of rotatable bonds is 5. The van der Waals surface area contributed by atoms with Crippen LogP contribution in [-0.2, 0) is 10.8 Å². The predicted octanol–water partition coefficient (Wildman–Crippen LogP) is 15.9. The predicted molar refractivity (Wildman–Crippen MR) is 259 cm³/mol. The molecule has 7 aromatic rings. The molecule has 0 radical (unpaired) electrons. The number of hydrogen-bond donors (Lipinski definition) is 0. The smallest absolute Gasteiger partial charge is 0.0473 e. The highest BCUT2D eigenvalue weighted by atomic mass is 15.1. The molecule has 17 rings (SSSR count). The van der Waals surface area contributed by atoms with E-state index in [1.807, 2.05) is 0 Å². The maximum atomic E-state index is 2.63. The van der Waals surface area contributed by atoms with E-state index in [2.05, 4.69) is 169 Å². The fraction of sp³-hybridized carbons (Fsp3) is 0.323. The van der Waals surface area contributed by atoms with Crippen LogP contribution in [0.2, 0.25) is 0 Å². The lowest BCUT2D eigenvalue weighted by Gasteiger charge is -2.61. The molecule has 0 atom stereocenters. The number of anilines is 3. The zero-order valence-electron chi connectivity index (χ0n) is 36.2. The summed E-state index contributed by atoms with van der Waals surface area (Å²) in [7, 11) is 0. The van der Waals surface area contributed by atoms with Crippen LogP contribution in [0.5, 0.6) is 0 Å². The highest BCUT2D eigenvalue weighted by Crippen LogP contribution is 2.71. The van der Waals surface area contributed by atoms with Gasteiger partial charge in [0.15, 0.2) is 0 Å². The molecule has 8 bridgehead atoms. The summed E-state index contributed by atoms with van der Waals surface area (Å²) in [6, 6.07) is 64.2. The lowest BCUT2D eigenvalue weighted by atomic mass is 9.43. The molecular formula is C62H55N. The molecule has 10 aliphatic carbocycles. The Balaban J connectivity index is 0.959. The molecule has 0 amide bonds. The van der Waals surface area contributed by atoms with Crippen LogP contribution in [0.3, 0.4) is 0 Å². The van der Waals surface area contributed by atoms with Gasteiger partial charge in [-0.3, -0.25) is 0 Å². The lowest BCUT2D eigenvalue weighted by Crippen LogP contribution is -2.55. The maximum Gasteiger partial charge on any atom is 0.0473 e. The highest BCUT2D eigenvalue weighted by Gasteiger charge is 2.63. The first-order valence-electron chi connectivity index (χ1n) is 24.7. The summed E-state index contributed by atoms with van der Waals surface area (Å²) in [6.07, 6.45) is 14.2. The van der Waals surface area contributed by atoms with Crippen molar-refractivity contribution >= 4 is 17.1 Å². The van der Waals surface area contributed by atoms with Gasteiger partial charge in [-0.05, 0) is 221 Å². The minimum absolute atomic E-state index is 0.153. The summed E-state index contributed by atoms with van der Waals surface area (Å²) in [5.41, 5.74) is 21.4. The van der Waals surface area contributed by atoms with Crippen molar-refractivity contribution in [2.75, 3.05) is 4.90 Å². The topological polar surface area (TPSA) is 3.24 Å². The zero-order valence-corrected chi connectivity index (χ0v) is 36.2. The normalized spacial score (nSPS) is 31.6. The maximum absolute atomic E-state index is 2.63. The van der Waals surface area contributed by atoms with Crippen molar-refractivity contribution in [2.24, 2.45) is 47.3 Å². The minimum atomic E-state index is 0.153. The molecule has 0 aliphatic heterocycles. The molecule has 0 unspecified atom stereocenters. The van der Waals surface area contributed by atoms with E-state index in [-0.39, 0.29) is 10.8 Å². The van der Waals surface area contributed by atoms with Crippen LogP contribution in [0.1, 0.15) is 86.5 Å². The van der Waals surface area contributed by atoms with Crippen LogP contribution >= 0.6 is 0 Å². The van der Waals surface area contributed by atoms with E-state index in [0.717, 1.165) is 47.3 Å². The molecule has 8 fully saturated rings. The molecule has 1 heteroatoms. The van der Waals surface area contributed by atoms with Crippen LogP contribution in [0, 0.1) is 47.3 Å². The fourth-order valence-corrected chi connectivity index (χ4v) is 17.4. The van der Waals surface area contributed by atoms with Gasteiger partial charge in [0.2, 0.25) is 0 Å². The summed E-state index contributed by atoms with van der Waals surface area (Å²) >= 11 is 0. The Morgan fingerprint density at radius 2 is 0.651 bits per heavy atom. The first kappa shape index (κ1) is 35.8. The third-order valence-corrected chi connectivity index (χ3v) is 19.0. The Labute approximate surface area is 373 Å². The fourth-order valence-electron chi connectivity index (χ4n) is 17.4. The second kappa shape index (κ2) is 13.0. The Hall–Kier alpha value is -5.66. The van der Waals surface area contributed by atoms with Crippen LogP contribution in [0.25, 0.3) is 44.5 Å². The van der Waals surface area contributed by atoms with Gasteiger partial charge in [0.25, 0.3) is 0 Å². The third kappa shape index (κ3) is 4.79. The standard InChI is InChI=1S/C62H55N/c1-3-11-42(12-4-1)44-33-45(43-13-5-2-6-14-43)35-52(34-44)63(50-19-21-59-55(36-50)53-15-7-9-17-57(53)61(59)46-25-38-23-39(27-46)28-47(61)26-38)51-20-22-60-56(37-51)54-16-8-10-18-58(54)62(60)48-29-40-24-41(31-48)32-49(62)30-40/h1-22,33-41,46-49H,23-32H2. The summed E-state index contributed by atoms with van der Waals surface area (Å²) in [4.78, 5) is 2.63. The second-order valence-electron chi connectivity index (χ2n) is 21.7. The number of nitrogens with zero attached hydrogens (tertiary/aromatic N) is 1. The molecule has 0 heterocycles. The monoisotopic (exact) mass is 813 g/mol. The van der Waals surface area contributed by atoms with E-state index in [1.54, 1.807) is 22.3 Å². The first-order valence-corrected chi connectivity index (χ1v) is 24.7. The van der Waals surface area contributed by atoms with Gasteiger partial charge in [0, 0.05) is 27.9 Å². The van der Waals surface area contributed by atoms with E-state index < -0.39 is 0 Å². The van der Waals surface area contributed by atoms with Crippen LogP contribution in [-0.4, -0.2) is 0 Å². The van der Waals surface area contributed by atoms with Crippen LogP contribution in [0.15, 0.2) is 164 Å². The summed E-state index contributed by atoms with van der Waals surface area (Å²) in [6.45, 7) is 0.